The monoisotopic (exact) mass is 219 g/mol. The number of fused-ring (bicyclic) bond motifs is 1. The summed E-state index contributed by atoms with van der Waals surface area (Å²) >= 11 is 0. The van der Waals surface area contributed by atoms with Gasteiger partial charge in [0.15, 0.2) is 0 Å². The molecule has 3 N–H and O–H groups in total. The largest absolute Gasteiger partial charge is 0.478 e. The van der Waals surface area contributed by atoms with Gasteiger partial charge in [-0.1, -0.05) is 0 Å². The smallest absolute Gasteiger partial charge is 0.335 e. The molecule has 0 radical (unpaired) electrons. The number of aromatic nitrogens is 2. The molecule has 0 saturated carbocycles. The molecule has 1 aromatic carbocycles. The average molecular weight is 219 g/mol. The van der Waals surface area contributed by atoms with Crippen molar-refractivity contribution in [2.24, 2.45) is 5.73 Å². The average Bonchev–Trinajstić information content (AvgIpc) is 2.68. The van der Waals surface area contributed by atoms with E-state index in [1.165, 1.54) is 0 Å². The lowest BCUT2D eigenvalue weighted by Gasteiger charge is -2.02. The van der Waals surface area contributed by atoms with Crippen LogP contribution >= 0.6 is 0 Å². The van der Waals surface area contributed by atoms with Gasteiger partial charge in [0.2, 0.25) is 0 Å². The van der Waals surface area contributed by atoms with Crippen molar-refractivity contribution in [2.75, 3.05) is 6.54 Å². The number of nitrogens with zero attached hydrogens (tertiary/aromatic N) is 2. The van der Waals surface area contributed by atoms with Gasteiger partial charge in [0.25, 0.3) is 0 Å². The minimum absolute atomic E-state index is 0.261. The van der Waals surface area contributed by atoms with Crippen molar-refractivity contribution < 1.29 is 9.90 Å². The number of hydrogen-bond acceptors (Lipinski definition) is 3. The van der Waals surface area contributed by atoms with E-state index < -0.39 is 5.97 Å². The minimum atomic E-state index is -0.932. The summed E-state index contributed by atoms with van der Waals surface area (Å²) in [6, 6.07) is 4.95. The molecule has 0 bridgehead atoms. The van der Waals surface area contributed by atoms with Crippen LogP contribution in [-0.4, -0.2) is 27.2 Å². The van der Waals surface area contributed by atoms with E-state index in [4.69, 9.17) is 10.8 Å². The third-order valence-corrected chi connectivity index (χ3v) is 2.47. The first-order valence-electron chi connectivity index (χ1n) is 5.10. The Kier molecular flexibility index (Phi) is 2.87. The van der Waals surface area contributed by atoms with Crippen LogP contribution in [0.5, 0.6) is 0 Å². The summed E-state index contributed by atoms with van der Waals surface area (Å²) in [5, 5.41) is 8.84. The van der Waals surface area contributed by atoms with E-state index in [2.05, 4.69) is 4.98 Å². The van der Waals surface area contributed by atoms with Gasteiger partial charge in [-0.25, -0.2) is 9.78 Å². The van der Waals surface area contributed by atoms with Crippen molar-refractivity contribution in [1.82, 2.24) is 9.55 Å². The van der Waals surface area contributed by atoms with Crippen molar-refractivity contribution in [3.05, 3.63) is 30.1 Å². The van der Waals surface area contributed by atoms with Crippen LogP contribution in [0.25, 0.3) is 11.0 Å². The SMILES string of the molecule is NCCCn1cnc2cc(C(=O)O)ccc21. The summed E-state index contributed by atoms with van der Waals surface area (Å²) in [5.74, 6) is -0.932. The molecule has 0 aliphatic heterocycles. The summed E-state index contributed by atoms with van der Waals surface area (Å²) in [4.78, 5) is 14.9. The predicted molar refractivity (Wildman–Crippen MR) is 60.4 cm³/mol. The van der Waals surface area contributed by atoms with Crippen LogP contribution in [0.1, 0.15) is 16.8 Å². The van der Waals surface area contributed by atoms with E-state index in [9.17, 15) is 4.79 Å². The Bertz CT molecular complexity index is 519. The standard InChI is InChI=1S/C11H13N3O2/c12-4-1-5-14-7-13-9-6-8(11(15)16)2-3-10(9)14/h2-3,6-7H,1,4-5,12H2,(H,15,16). The molecule has 0 aliphatic carbocycles. The zero-order chi connectivity index (χ0) is 11.5. The highest BCUT2D eigenvalue weighted by Gasteiger charge is 2.07. The lowest BCUT2D eigenvalue weighted by molar-refractivity contribution is 0.0697. The Morgan fingerprint density at radius 1 is 1.50 bits per heavy atom. The maximum Gasteiger partial charge on any atom is 0.335 e. The van der Waals surface area contributed by atoms with Crippen molar-refractivity contribution in [3.8, 4) is 0 Å². The van der Waals surface area contributed by atoms with Crippen LogP contribution in [0.15, 0.2) is 24.5 Å². The van der Waals surface area contributed by atoms with Gasteiger partial charge in [-0.2, -0.15) is 0 Å². The Hall–Kier alpha value is -1.88. The molecule has 16 heavy (non-hydrogen) atoms. The molecule has 0 fully saturated rings. The highest BCUT2D eigenvalue weighted by atomic mass is 16.4. The van der Waals surface area contributed by atoms with Crippen LogP contribution in [0.2, 0.25) is 0 Å². The summed E-state index contributed by atoms with van der Waals surface area (Å²) in [7, 11) is 0. The molecule has 0 aliphatic rings. The van der Waals surface area contributed by atoms with Gasteiger partial charge in [0.05, 0.1) is 22.9 Å². The second kappa shape index (κ2) is 4.32. The predicted octanol–water partition coefficient (Wildman–Crippen LogP) is 1.08. The summed E-state index contributed by atoms with van der Waals surface area (Å²) in [6.45, 7) is 1.44. The number of aryl methyl sites for hydroxylation is 1. The van der Waals surface area contributed by atoms with Crippen LogP contribution in [-0.2, 0) is 6.54 Å². The van der Waals surface area contributed by atoms with Crippen LogP contribution in [0, 0.1) is 0 Å². The van der Waals surface area contributed by atoms with Crippen LogP contribution in [0.4, 0.5) is 0 Å². The third-order valence-electron chi connectivity index (χ3n) is 2.47. The molecule has 0 atom stereocenters. The molecule has 1 heterocycles. The van der Waals surface area contributed by atoms with E-state index >= 15 is 0 Å². The highest BCUT2D eigenvalue weighted by Crippen LogP contribution is 2.15. The van der Waals surface area contributed by atoms with Gasteiger partial charge < -0.3 is 15.4 Å². The van der Waals surface area contributed by atoms with Crippen LogP contribution in [0.3, 0.4) is 0 Å². The van der Waals surface area contributed by atoms with Gasteiger partial charge in [0, 0.05) is 6.54 Å². The van der Waals surface area contributed by atoms with E-state index in [0.717, 1.165) is 18.5 Å². The Morgan fingerprint density at radius 3 is 3.00 bits per heavy atom. The van der Waals surface area contributed by atoms with Gasteiger partial charge in [-0.05, 0) is 31.2 Å². The number of imidazole rings is 1. The molecule has 2 rings (SSSR count). The minimum Gasteiger partial charge on any atom is -0.478 e. The first kappa shape index (κ1) is 10.6. The Morgan fingerprint density at radius 2 is 2.31 bits per heavy atom. The molecule has 2 aromatic rings. The topological polar surface area (TPSA) is 81.1 Å². The fraction of sp³-hybridized carbons (Fsp3) is 0.273. The number of carboxylic acids is 1. The van der Waals surface area contributed by atoms with Crippen molar-refractivity contribution >= 4 is 17.0 Å². The molecule has 0 saturated heterocycles. The number of benzene rings is 1. The first-order chi connectivity index (χ1) is 7.72. The van der Waals surface area contributed by atoms with Crippen molar-refractivity contribution in [3.63, 3.8) is 0 Å². The zero-order valence-corrected chi connectivity index (χ0v) is 8.76. The fourth-order valence-corrected chi connectivity index (χ4v) is 1.64. The van der Waals surface area contributed by atoms with Gasteiger partial charge in [0.1, 0.15) is 0 Å². The van der Waals surface area contributed by atoms with E-state index in [1.54, 1.807) is 24.5 Å². The number of hydrogen-bond donors (Lipinski definition) is 2. The number of rotatable bonds is 4. The summed E-state index contributed by atoms with van der Waals surface area (Å²) in [6.07, 6.45) is 2.60. The maximum absolute atomic E-state index is 10.8. The van der Waals surface area contributed by atoms with Gasteiger partial charge >= 0.3 is 5.97 Å². The molecular formula is C11H13N3O2. The number of carbonyl (C=O) groups is 1. The Balaban J connectivity index is 2.38. The zero-order valence-electron chi connectivity index (χ0n) is 8.76. The molecule has 0 unspecified atom stereocenters. The number of nitrogens with two attached hydrogens (primary N) is 1. The fourth-order valence-electron chi connectivity index (χ4n) is 1.64. The second-order valence-corrected chi connectivity index (χ2v) is 3.59. The molecule has 0 amide bonds. The summed E-state index contributed by atoms with van der Waals surface area (Å²) in [5.41, 5.74) is 7.35. The molecule has 5 nitrogen and oxygen atoms in total. The van der Waals surface area contributed by atoms with Crippen LogP contribution < -0.4 is 5.73 Å². The van der Waals surface area contributed by atoms with E-state index in [1.807, 2.05) is 4.57 Å². The molecular weight excluding hydrogens is 206 g/mol. The van der Waals surface area contributed by atoms with E-state index in [-0.39, 0.29) is 5.56 Å². The third kappa shape index (κ3) is 1.90. The van der Waals surface area contributed by atoms with E-state index in [0.29, 0.717) is 12.1 Å². The highest BCUT2D eigenvalue weighted by molar-refractivity contribution is 5.92. The normalized spacial score (nSPS) is 10.8. The van der Waals surface area contributed by atoms with Crippen molar-refractivity contribution in [2.45, 2.75) is 13.0 Å². The lowest BCUT2D eigenvalue weighted by Crippen LogP contribution is -2.04. The molecule has 5 heteroatoms. The second-order valence-electron chi connectivity index (χ2n) is 3.59. The summed E-state index contributed by atoms with van der Waals surface area (Å²) < 4.78 is 1.98. The van der Waals surface area contributed by atoms with Gasteiger partial charge in [-0.3, -0.25) is 0 Å². The lowest BCUT2D eigenvalue weighted by atomic mass is 10.2. The first-order valence-corrected chi connectivity index (χ1v) is 5.10. The quantitative estimate of drug-likeness (QED) is 0.806. The number of aromatic carboxylic acids is 1. The maximum atomic E-state index is 10.8. The molecule has 84 valence electrons. The molecule has 1 aromatic heterocycles. The number of carboxylic acid groups (broad SMARTS) is 1. The Labute approximate surface area is 92.5 Å². The van der Waals surface area contributed by atoms with Crippen molar-refractivity contribution in [1.29, 1.82) is 0 Å². The molecule has 0 spiro atoms. The van der Waals surface area contributed by atoms with Gasteiger partial charge in [-0.15, -0.1) is 0 Å².